The van der Waals surface area contributed by atoms with Crippen LogP contribution in [0.3, 0.4) is 0 Å². The second-order valence-corrected chi connectivity index (χ2v) is 5.55. The van der Waals surface area contributed by atoms with Gasteiger partial charge < -0.3 is 16.0 Å². The van der Waals surface area contributed by atoms with Crippen molar-refractivity contribution in [2.24, 2.45) is 11.7 Å². The molecular formula is C15H27N5O. The maximum absolute atomic E-state index is 11.4. The summed E-state index contributed by atoms with van der Waals surface area (Å²) in [6, 6.07) is 0. The Morgan fingerprint density at radius 3 is 2.62 bits per heavy atom. The second kappa shape index (κ2) is 8.44. The maximum atomic E-state index is 11.4. The van der Waals surface area contributed by atoms with E-state index in [1.807, 2.05) is 11.8 Å². The van der Waals surface area contributed by atoms with Crippen molar-refractivity contribution in [3.8, 4) is 0 Å². The van der Waals surface area contributed by atoms with Crippen LogP contribution >= 0.6 is 0 Å². The van der Waals surface area contributed by atoms with Crippen molar-refractivity contribution in [3.05, 3.63) is 11.9 Å². The minimum atomic E-state index is -0.346. The molecule has 0 unspecified atom stereocenters. The predicted molar refractivity (Wildman–Crippen MR) is 86.4 cm³/mol. The smallest absolute Gasteiger partial charge is 0.236 e. The minimum Gasteiger partial charge on any atom is -0.370 e. The SMILES string of the molecule is CCCc1c(NCC)ncnc1N(CC(N)=O)CC(C)C. The molecule has 0 radical (unpaired) electrons. The van der Waals surface area contributed by atoms with E-state index >= 15 is 0 Å². The van der Waals surface area contributed by atoms with Crippen LogP contribution in [0.15, 0.2) is 6.33 Å². The van der Waals surface area contributed by atoms with Crippen molar-refractivity contribution in [2.75, 3.05) is 29.9 Å². The van der Waals surface area contributed by atoms with E-state index in [4.69, 9.17) is 5.73 Å². The molecule has 0 bridgehead atoms. The van der Waals surface area contributed by atoms with Gasteiger partial charge >= 0.3 is 0 Å². The zero-order chi connectivity index (χ0) is 15.8. The molecule has 0 aliphatic rings. The normalized spacial score (nSPS) is 10.7. The number of amides is 1. The first kappa shape index (κ1) is 17.2. The summed E-state index contributed by atoms with van der Waals surface area (Å²) in [4.78, 5) is 22.1. The van der Waals surface area contributed by atoms with Gasteiger partial charge in [0.25, 0.3) is 0 Å². The van der Waals surface area contributed by atoms with Crippen LogP contribution in [0, 0.1) is 5.92 Å². The lowest BCUT2D eigenvalue weighted by Crippen LogP contribution is -2.37. The summed E-state index contributed by atoms with van der Waals surface area (Å²) in [6.45, 7) is 10.1. The molecule has 21 heavy (non-hydrogen) atoms. The zero-order valence-electron chi connectivity index (χ0n) is 13.5. The molecule has 0 fully saturated rings. The third kappa shape index (κ3) is 5.21. The van der Waals surface area contributed by atoms with Crippen LogP contribution in [0.25, 0.3) is 0 Å². The molecule has 0 atom stereocenters. The van der Waals surface area contributed by atoms with Gasteiger partial charge in [0, 0.05) is 18.7 Å². The molecule has 118 valence electrons. The highest BCUT2D eigenvalue weighted by Gasteiger charge is 2.19. The Morgan fingerprint density at radius 1 is 1.38 bits per heavy atom. The van der Waals surface area contributed by atoms with E-state index in [2.05, 4.69) is 36.1 Å². The van der Waals surface area contributed by atoms with Gasteiger partial charge in [-0.25, -0.2) is 9.97 Å². The van der Waals surface area contributed by atoms with E-state index in [-0.39, 0.29) is 12.5 Å². The lowest BCUT2D eigenvalue weighted by atomic mass is 10.1. The van der Waals surface area contributed by atoms with Crippen LogP contribution in [0.5, 0.6) is 0 Å². The summed E-state index contributed by atoms with van der Waals surface area (Å²) in [7, 11) is 0. The highest BCUT2D eigenvalue weighted by Crippen LogP contribution is 2.25. The fourth-order valence-electron chi connectivity index (χ4n) is 2.33. The molecule has 0 aliphatic carbocycles. The summed E-state index contributed by atoms with van der Waals surface area (Å²) < 4.78 is 0. The number of nitrogens with zero attached hydrogens (tertiary/aromatic N) is 3. The molecule has 1 heterocycles. The van der Waals surface area contributed by atoms with Crippen LogP contribution in [0.1, 0.15) is 39.7 Å². The summed E-state index contributed by atoms with van der Waals surface area (Å²) >= 11 is 0. The first-order valence-electron chi connectivity index (χ1n) is 7.60. The Bertz CT molecular complexity index is 461. The number of hydrogen-bond acceptors (Lipinski definition) is 5. The van der Waals surface area contributed by atoms with E-state index < -0.39 is 0 Å². The summed E-state index contributed by atoms with van der Waals surface area (Å²) in [5.41, 5.74) is 6.45. The largest absolute Gasteiger partial charge is 0.370 e. The molecule has 1 rings (SSSR count). The van der Waals surface area contributed by atoms with Gasteiger partial charge in [-0.05, 0) is 19.3 Å². The Morgan fingerprint density at radius 2 is 2.10 bits per heavy atom. The highest BCUT2D eigenvalue weighted by atomic mass is 16.1. The van der Waals surface area contributed by atoms with E-state index in [0.29, 0.717) is 5.92 Å². The van der Waals surface area contributed by atoms with Crippen molar-refractivity contribution < 1.29 is 4.79 Å². The Kier molecular flexibility index (Phi) is 6.91. The predicted octanol–water partition coefficient (Wildman–Crippen LogP) is 1.81. The number of carbonyl (C=O) groups is 1. The number of hydrogen-bond donors (Lipinski definition) is 2. The van der Waals surface area contributed by atoms with Gasteiger partial charge in [0.2, 0.25) is 5.91 Å². The molecule has 1 amide bonds. The van der Waals surface area contributed by atoms with Crippen molar-refractivity contribution in [1.29, 1.82) is 0 Å². The van der Waals surface area contributed by atoms with Crippen LogP contribution in [0.4, 0.5) is 11.6 Å². The third-order valence-corrected chi connectivity index (χ3v) is 3.00. The van der Waals surface area contributed by atoms with Crippen molar-refractivity contribution in [3.63, 3.8) is 0 Å². The van der Waals surface area contributed by atoms with E-state index in [1.165, 1.54) is 0 Å². The van der Waals surface area contributed by atoms with Gasteiger partial charge in [0.05, 0.1) is 6.54 Å². The Labute approximate surface area is 127 Å². The Hall–Kier alpha value is -1.85. The molecule has 0 spiro atoms. The Balaban J connectivity index is 3.20. The van der Waals surface area contributed by atoms with Crippen LogP contribution < -0.4 is 16.0 Å². The summed E-state index contributed by atoms with van der Waals surface area (Å²) in [5, 5.41) is 3.27. The topological polar surface area (TPSA) is 84.1 Å². The lowest BCUT2D eigenvalue weighted by Gasteiger charge is -2.27. The third-order valence-electron chi connectivity index (χ3n) is 3.00. The molecule has 0 aliphatic heterocycles. The van der Waals surface area contributed by atoms with Gasteiger partial charge in [0.1, 0.15) is 18.0 Å². The van der Waals surface area contributed by atoms with Gasteiger partial charge in [0.15, 0.2) is 0 Å². The maximum Gasteiger partial charge on any atom is 0.236 e. The molecule has 6 nitrogen and oxygen atoms in total. The first-order valence-corrected chi connectivity index (χ1v) is 7.60. The number of primary amides is 1. The van der Waals surface area contributed by atoms with E-state index in [0.717, 1.165) is 43.1 Å². The fraction of sp³-hybridized carbons (Fsp3) is 0.667. The van der Waals surface area contributed by atoms with Crippen molar-refractivity contribution >= 4 is 17.5 Å². The molecule has 0 aromatic carbocycles. The van der Waals surface area contributed by atoms with Gasteiger partial charge in [-0.2, -0.15) is 0 Å². The average molecular weight is 293 g/mol. The number of nitrogens with one attached hydrogen (secondary N) is 1. The first-order chi connectivity index (χ1) is 9.99. The summed E-state index contributed by atoms with van der Waals surface area (Å²) in [5.74, 6) is 1.73. The van der Waals surface area contributed by atoms with Gasteiger partial charge in [-0.1, -0.05) is 27.2 Å². The van der Waals surface area contributed by atoms with Crippen molar-refractivity contribution in [1.82, 2.24) is 9.97 Å². The number of carbonyl (C=O) groups excluding carboxylic acids is 1. The molecule has 0 saturated heterocycles. The second-order valence-electron chi connectivity index (χ2n) is 5.55. The standard InChI is InChI=1S/C15H27N5O/c1-5-7-12-14(17-6-2)18-10-19-15(12)20(8-11(3)4)9-13(16)21/h10-11H,5-9H2,1-4H3,(H2,16,21)(H,17,18,19). The molecule has 6 heteroatoms. The molecule has 1 aromatic rings. The molecule has 3 N–H and O–H groups in total. The minimum absolute atomic E-state index is 0.178. The van der Waals surface area contributed by atoms with E-state index in [9.17, 15) is 4.79 Å². The van der Waals surface area contributed by atoms with Crippen LogP contribution in [-0.4, -0.2) is 35.5 Å². The van der Waals surface area contributed by atoms with Crippen LogP contribution in [0.2, 0.25) is 0 Å². The molecular weight excluding hydrogens is 266 g/mol. The average Bonchev–Trinajstić information content (AvgIpc) is 2.39. The monoisotopic (exact) mass is 293 g/mol. The summed E-state index contributed by atoms with van der Waals surface area (Å²) in [6.07, 6.45) is 3.40. The number of rotatable bonds is 9. The highest BCUT2D eigenvalue weighted by molar-refractivity contribution is 5.79. The lowest BCUT2D eigenvalue weighted by molar-refractivity contribution is -0.116. The van der Waals surface area contributed by atoms with Crippen LogP contribution in [-0.2, 0) is 11.2 Å². The van der Waals surface area contributed by atoms with Gasteiger partial charge in [-0.15, -0.1) is 0 Å². The molecule has 0 saturated carbocycles. The number of nitrogens with two attached hydrogens (primary N) is 1. The fourth-order valence-corrected chi connectivity index (χ4v) is 2.33. The van der Waals surface area contributed by atoms with Gasteiger partial charge in [-0.3, -0.25) is 4.79 Å². The number of anilines is 2. The zero-order valence-corrected chi connectivity index (χ0v) is 13.5. The quantitative estimate of drug-likeness (QED) is 0.725. The van der Waals surface area contributed by atoms with E-state index in [1.54, 1.807) is 6.33 Å². The molecule has 1 aromatic heterocycles. The number of aromatic nitrogens is 2. The van der Waals surface area contributed by atoms with Crippen molar-refractivity contribution in [2.45, 2.75) is 40.5 Å².